The Kier molecular flexibility index (Phi) is 4.51. The van der Waals surface area contributed by atoms with Crippen LogP contribution in [0.25, 0.3) is 0 Å². The fourth-order valence-corrected chi connectivity index (χ4v) is 1.88. The Morgan fingerprint density at radius 1 is 0.947 bits per heavy atom. The molecule has 0 aliphatic rings. The Hall–Kier alpha value is -2.35. The molecule has 2 nitrogen and oxygen atoms in total. The predicted molar refractivity (Wildman–Crippen MR) is 82.7 cm³/mol. The molecule has 1 N–H and O–H groups in total. The SMILES string of the molecule is CN=C(/C=C(/C)Nc1ccccc1)c1ccccc1. The Balaban J connectivity index is 2.15. The Morgan fingerprint density at radius 3 is 2.11 bits per heavy atom. The van der Waals surface area contributed by atoms with E-state index in [1.165, 1.54) is 0 Å². The van der Waals surface area contributed by atoms with Gasteiger partial charge in [-0.05, 0) is 30.7 Å². The molecule has 19 heavy (non-hydrogen) atoms. The zero-order valence-electron chi connectivity index (χ0n) is 11.3. The molecule has 2 rings (SSSR count). The van der Waals surface area contributed by atoms with Gasteiger partial charge in [0, 0.05) is 18.4 Å². The maximum Gasteiger partial charge on any atom is 0.0660 e. The molecule has 0 fully saturated rings. The highest BCUT2D eigenvalue weighted by molar-refractivity contribution is 6.09. The van der Waals surface area contributed by atoms with Crippen LogP contribution in [0.3, 0.4) is 0 Å². The Morgan fingerprint density at radius 2 is 1.53 bits per heavy atom. The summed E-state index contributed by atoms with van der Waals surface area (Å²) >= 11 is 0. The van der Waals surface area contributed by atoms with Gasteiger partial charge < -0.3 is 5.32 Å². The lowest BCUT2D eigenvalue weighted by Crippen LogP contribution is -2.02. The zero-order chi connectivity index (χ0) is 13.5. The number of benzene rings is 2. The summed E-state index contributed by atoms with van der Waals surface area (Å²) in [6.07, 6.45) is 2.06. The second-order valence-electron chi connectivity index (χ2n) is 4.29. The van der Waals surface area contributed by atoms with Crippen molar-refractivity contribution in [2.75, 3.05) is 12.4 Å². The molecule has 0 saturated carbocycles. The van der Waals surface area contributed by atoms with Gasteiger partial charge >= 0.3 is 0 Å². The van der Waals surface area contributed by atoms with Gasteiger partial charge in [0.15, 0.2) is 0 Å². The number of aliphatic imine (C=N–C) groups is 1. The third-order valence-corrected chi connectivity index (χ3v) is 2.78. The molecule has 96 valence electrons. The highest BCUT2D eigenvalue weighted by Gasteiger charge is 1.99. The summed E-state index contributed by atoms with van der Waals surface area (Å²) in [5, 5.41) is 3.36. The summed E-state index contributed by atoms with van der Waals surface area (Å²) in [6.45, 7) is 2.04. The number of nitrogens with one attached hydrogen (secondary N) is 1. The minimum absolute atomic E-state index is 0.974. The fraction of sp³-hybridized carbons (Fsp3) is 0.118. The molecule has 2 heteroatoms. The number of rotatable bonds is 4. The van der Waals surface area contributed by atoms with Crippen molar-refractivity contribution in [2.24, 2.45) is 4.99 Å². The van der Waals surface area contributed by atoms with Crippen molar-refractivity contribution < 1.29 is 0 Å². The van der Waals surface area contributed by atoms with E-state index in [0.29, 0.717) is 0 Å². The highest BCUT2D eigenvalue weighted by atomic mass is 14.9. The van der Waals surface area contributed by atoms with Crippen LogP contribution < -0.4 is 5.32 Å². The minimum atomic E-state index is 0.974. The molecule has 0 heterocycles. The molecule has 0 spiro atoms. The van der Waals surface area contributed by atoms with Crippen molar-refractivity contribution in [3.05, 3.63) is 78.0 Å². The summed E-state index contributed by atoms with van der Waals surface area (Å²) in [6, 6.07) is 20.3. The lowest BCUT2D eigenvalue weighted by atomic mass is 10.1. The molecule has 2 aromatic carbocycles. The van der Waals surface area contributed by atoms with E-state index in [1.54, 1.807) is 0 Å². The number of para-hydroxylation sites is 1. The number of nitrogens with zero attached hydrogens (tertiary/aromatic N) is 1. The molecule has 0 aromatic heterocycles. The highest BCUT2D eigenvalue weighted by Crippen LogP contribution is 2.10. The monoisotopic (exact) mass is 250 g/mol. The first kappa shape index (κ1) is 13.1. The number of anilines is 1. The summed E-state index contributed by atoms with van der Waals surface area (Å²) in [4.78, 5) is 4.34. The standard InChI is InChI=1S/C17H18N2/c1-14(19-16-11-7-4-8-12-16)13-17(18-2)15-9-5-3-6-10-15/h3-13,19H,1-2H3/b14-13-,18-17?. The van der Waals surface area contributed by atoms with E-state index in [0.717, 1.165) is 22.7 Å². The summed E-state index contributed by atoms with van der Waals surface area (Å²) < 4.78 is 0. The van der Waals surface area contributed by atoms with Gasteiger partial charge in [0.25, 0.3) is 0 Å². The smallest absolute Gasteiger partial charge is 0.0660 e. The maximum atomic E-state index is 4.34. The third-order valence-electron chi connectivity index (χ3n) is 2.78. The number of allylic oxidation sites excluding steroid dienone is 2. The van der Waals surface area contributed by atoms with Crippen molar-refractivity contribution in [3.8, 4) is 0 Å². The Bertz CT molecular complexity index is 569. The summed E-state index contributed by atoms with van der Waals surface area (Å²) in [5.74, 6) is 0. The van der Waals surface area contributed by atoms with Gasteiger partial charge in [0.05, 0.1) is 5.71 Å². The van der Waals surface area contributed by atoms with Crippen LogP contribution in [0.5, 0.6) is 0 Å². The van der Waals surface area contributed by atoms with Crippen LogP contribution >= 0.6 is 0 Å². The average Bonchev–Trinajstić information content (AvgIpc) is 2.47. The first-order valence-corrected chi connectivity index (χ1v) is 6.32. The lowest BCUT2D eigenvalue weighted by Gasteiger charge is -2.07. The molecular weight excluding hydrogens is 232 g/mol. The normalized spacial score (nSPS) is 12.3. The average molecular weight is 250 g/mol. The molecule has 0 amide bonds. The van der Waals surface area contributed by atoms with E-state index >= 15 is 0 Å². The van der Waals surface area contributed by atoms with E-state index in [2.05, 4.69) is 28.5 Å². The van der Waals surface area contributed by atoms with E-state index < -0.39 is 0 Å². The lowest BCUT2D eigenvalue weighted by molar-refractivity contribution is 1.36. The summed E-state index contributed by atoms with van der Waals surface area (Å²) in [5.41, 5.74) is 4.25. The van der Waals surface area contributed by atoms with Gasteiger partial charge in [-0.2, -0.15) is 0 Å². The van der Waals surface area contributed by atoms with E-state index in [1.807, 2.05) is 62.5 Å². The van der Waals surface area contributed by atoms with Crippen LogP contribution in [0.2, 0.25) is 0 Å². The quantitative estimate of drug-likeness (QED) is 0.811. The molecule has 0 aliphatic heterocycles. The van der Waals surface area contributed by atoms with Crippen molar-refractivity contribution in [3.63, 3.8) is 0 Å². The van der Waals surface area contributed by atoms with E-state index in [-0.39, 0.29) is 0 Å². The van der Waals surface area contributed by atoms with Gasteiger partial charge in [-0.15, -0.1) is 0 Å². The van der Waals surface area contributed by atoms with Gasteiger partial charge in [0.1, 0.15) is 0 Å². The molecule has 0 saturated heterocycles. The van der Waals surface area contributed by atoms with Crippen LogP contribution in [-0.2, 0) is 0 Å². The van der Waals surface area contributed by atoms with Crippen LogP contribution in [-0.4, -0.2) is 12.8 Å². The molecular formula is C17H18N2. The number of hydrogen-bond donors (Lipinski definition) is 1. The van der Waals surface area contributed by atoms with E-state index in [4.69, 9.17) is 0 Å². The Labute approximate surface area is 114 Å². The largest absolute Gasteiger partial charge is 0.359 e. The third kappa shape index (κ3) is 3.81. The molecule has 0 bridgehead atoms. The van der Waals surface area contributed by atoms with Crippen molar-refractivity contribution in [1.82, 2.24) is 0 Å². The van der Waals surface area contributed by atoms with Gasteiger partial charge in [-0.3, -0.25) is 4.99 Å². The van der Waals surface area contributed by atoms with Gasteiger partial charge in [-0.25, -0.2) is 0 Å². The number of hydrogen-bond acceptors (Lipinski definition) is 2. The van der Waals surface area contributed by atoms with Gasteiger partial charge in [-0.1, -0.05) is 48.5 Å². The van der Waals surface area contributed by atoms with Crippen molar-refractivity contribution in [1.29, 1.82) is 0 Å². The molecule has 0 aliphatic carbocycles. The maximum absolute atomic E-state index is 4.34. The first-order chi connectivity index (χ1) is 9.29. The predicted octanol–water partition coefficient (Wildman–Crippen LogP) is 4.12. The second kappa shape index (κ2) is 6.55. The first-order valence-electron chi connectivity index (χ1n) is 6.32. The van der Waals surface area contributed by atoms with E-state index in [9.17, 15) is 0 Å². The van der Waals surface area contributed by atoms with Gasteiger partial charge in [0.2, 0.25) is 0 Å². The zero-order valence-corrected chi connectivity index (χ0v) is 11.3. The van der Waals surface area contributed by atoms with Crippen LogP contribution in [0, 0.1) is 0 Å². The molecule has 2 aromatic rings. The molecule has 0 radical (unpaired) electrons. The molecule has 0 unspecified atom stereocenters. The fourth-order valence-electron chi connectivity index (χ4n) is 1.88. The topological polar surface area (TPSA) is 24.4 Å². The van der Waals surface area contributed by atoms with Crippen LogP contribution in [0.1, 0.15) is 12.5 Å². The molecule has 0 atom stereocenters. The van der Waals surface area contributed by atoms with Crippen LogP contribution in [0.15, 0.2) is 77.4 Å². The second-order valence-corrected chi connectivity index (χ2v) is 4.29. The van der Waals surface area contributed by atoms with Crippen LogP contribution in [0.4, 0.5) is 5.69 Å². The van der Waals surface area contributed by atoms with Crippen molar-refractivity contribution in [2.45, 2.75) is 6.92 Å². The van der Waals surface area contributed by atoms with Crippen molar-refractivity contribution >= 4 is 11.4 Å². The minimum Gasteiger partial charge on any atom is -0.359 e. The summed E-state index contributed by atoms with van der Waals surface area (Å²) in [7, 11) is 1.81.